The first-order valence-electron chi connectivity index (χ1n) is 8.40. The number of aromatic nitrogens is 2. The molecule has 0 saturated carbocycles. The van der Waals surface area contributed by atoms with E-state index in [0.717, 1.165) is 0 Å². The number of nitrogens with one attached hydrogen (secondary N) is 3. The Labute approximate surface area is 171 Å². The van der Waals surface area contributed by atoms with Crippen molar-refractivity contribution in [2.75, 3.05) is 17.2 Å². The summed E-state index contributed by atoms with van der Waals surface area (Å²) in [5.74, 6) is 0. The third-order valence-electron chi connectivity index (χ3n) is 3.70. The van der Waals surface area contributed by atoms with Gasteiger partial charge in [0.25, 0.3) is 0 Å². The molecule has 3 aromatic rings. The summed E-state index contributed by atoms with van der Waals surface area (Å²) in [6.45, 7) is 0.360. The second-order valence-electron chi connectivity index (χ2n) is 5.85. The molecule has 1 heterocycles. The lowest BCUT2D eigenvalue weighted by Crippen LogP contribution is -2.30. The van der Waals surface area contributed by atoms with Crippen LogP contribution in [0.25, 0.3) is 0 Å². The van der Waals surface area contributed by atoms with Crippen LogP contribution in [0.3, 0.4) is 0 Å². The molecule has 7 nitrogen and oxygen atoms in total. The normalized spacial score (nSPS) is 10.4. The van der Waals surface area contributed by atoms with Gasteiger partial charge < -0.3 is 16.0 Å². The van der Waals surface area contributed by atoms with Crippen molar-refractivity contribution in [3.8, 4) is 0 Å². The highest BCUT2D eigenvalue weighted by molar-refractivity contribution is 6.31. The molecule has 0 bridgehead atoms. The number of amides is 3. The van der Waals surface area contributed by atoms with Gasteiger partial charge >= 0.3 is 12.1 Å². The lowest BCUT2D eigenvalue weighted by atomic mass is 10.3. The maximum Gasteiger partial charge on any atom is 0.331 e. The Morgan fingerprint density at radius 3 is 2.25 bits per heavy atom. The van der Waals surface area contributed by atoms with Crippen LogP contribution < -0.4 is 16.0 Å². The minimum absolute atomic E-state index is 0.347. The highest BCUT2D eigenvalue weighted by Crippen LogP contribution is 2.16. The van der Waals surface area contributed by atoms with Gasteiger partial charge in [0.2, 0.25) is 0 Å². The number of urea groups is 1. The zero-order chi connectivity index (χ0) is 19.9. The van der Waals surface area contributed by atoms with E-state index < -0.39 is 0 Å². The average Bonchev–Trinajstić information content (AvgIpc) is 3.11. The topological polar surface area (TPSA) is 88.1 Å². The van der Waals surface area contributed by atoms with Gasteiger partial charge in [0.05, 0.1) is 5.69 Å². The first-order valence-corrected chi connectivity index (χ1v) is 9.15. The molecule has 0 atom stereocenters. The Hall–Kier alpha value is -3.03. The summed E-state index contributed by atoms with van der Waals surface area (Å²) in [5, 5.41) is 9.22. The van der Waals surface area contributed by atoms with Crippen LogP contribution in [0.5, 0.6) is 0 Å². The second-order valence-corrected chi connectivity index (χ2v) is 6.73. The maximum atomic E-state index is 12.2. The molecule has 0 saturated heterocycles. The van der Waals surface area contributed by atoms with Crippen LogP contribution in [-0.4, -0.2) is 28.2 Å². The number of nitrogens with zero attached hydrogens (tertiary/aromatic N) is 2. The molecule has 9 heteroatoms. The minimum Gasteiger partial charge on any atom is -0.337 e. The third-order valence-corrected chi connectivity index (χ3v) is 4.17. The molecular weight excluding hydrogens is 401 g/mol. The van der Waals surface area contributed by atoms with Crippen LogP contribution >= 0.6 is 23.2 Å². The van der Waals surface area contributed by atoms with Gasteiger partial charge in [0, 0.05) is 40.6 Å². The fourth-order valence-corrected chi connectivity index (χ4v) is 2.78. The Bertz CT molecular complexity index is 990. The summed E-state index contributed by atoms with van der Waals surface area (Å²) >= 11 is 11.8. The number of halogens is 2. The van der Waals surface area contributed by atoms with Crippen LogP contribution in [0.15, 0.2) is 61.1 Å². The largest absolute Gasteiger partial charge is 0.337 e. The molecule has 3 N–H and O–H groups in total. The highest BCUT2D eigenvalue weighted by Gasteiger charge is 2.08. The van der Waals surface area contributed by atoms with Crippen LogP contribution in [0.4, 0.5) is 21.0 Å². The minimum atomic E-state index is -0.354. The van der Waals surface area contributed by atoms with Gasteiger partial charge in [0.1, 0.15) is 6.33 Å². The monoisotopic (exact) mass is 417 g/mol. The Morgan fingerprint density at radius 2 is 1.61 bits per heavy atom. The number of imidazole rings is 1. The predicted molar refractivity (Wildman–Crippen MR) is 110 cm³/mol. The van der Waals surface area contributed by atoms with Crippen molar-refractivity contribution in [2.24, 2.45) is 0 Å². The van der Waals surface area contributed by atoms with E-state index >= 15 is 0 Å². The van der Waals surface area contributed by atoms with Crippen molar-refractivity contribution < 1.29 is 9.59 Å². The Morgan fingerprint density at radius 1 is 0.964 bits per heavy atom. The molecule has 0 radical (unpaired) electrons. The molecule has 3 amide bonds. The van der Waals surface area contributed by atoms with Crippen molar-refractivity contribution in [1.29, 1.82) is 0 Å². The molecule has 0 spiro atoms. The molecule has 0 aliphatic carbocycles. The average molecular weight is 418 g/mol. The number of carbonyl (C=O) groups excluding carboxylic acids is 2. The van der Waals surface area contributed by atoms with Gasteiger partial charge in [-0.1, -0.05) is 35.3 Å². The van der Waals surface area contributed by atoms with E-state index in [1.807, 2.05) is 0 Å². The van der Waals surface area contributed by atoms with Crippen molar-refractivity contribution in [3.05, 3.63) is 76.8 Å². The second kappa shape index (κ2) is 9.25. The first-order chi connectivity index (χ1) is 13.5. The fraction of sp³-hybridized carbons (Fsp3) is 0.105. The lowest BCUT2D eigenvalue weighted by Gasteiger charge is -2.07. The zero-order valence-corrected chi connectivity index (χ0v) is 16.2. The lowest BCUT2D eigenvalue weighted by molar-refractivity contribution is 0.251. The van der Waals surface area contributed by atoms with Crippen LogP contribution in [0, 0.1) is 0 Å². The van der Waals surface area contributed by atoms with E-state index in [0.29, 0.717) is 40.1 Å². The van der Waals surface area contributed by atoms with E-state index in [1.54, 1.807) is 54.7 Å². The van der Waals surface area contributed by atoms with Gasteiger partial charge in [-0.15, -0.1) is 0 Å². The molecule has 144 valence electrons. The van der Waals surface area contributed by atoms with E-state index in [4.69, 9.17) is 23.2 Å². The van der Waals surface area contributed by atoms with Crippen molar-refractivity contribution in [2.45, 2.75) is 6.42 Å². The standard InChI is InChI=1S/C19H17Cl2N5O2/c20-13-3-1-5-15(9-13)24-18(27)22-8-7-17-11-26(12-23-17)19(28)25-16-6-2-4-14(21)10-16/h1-6,9-12H,7-8H2,(H,25,28)(H2,22,24,27). The fourth-order valence-electron chi connectivity index (χ4n) is 2.40. The number of carbonyl (C=O) groups is 2. The number of hydrogen-bond acceptors (Lipinski definition) is 3. The molecule has 28 heavy (non-hydrogen) atoms. The molecule has 0 unspecified atom stereocenters. The number of anilines is 2. The maximum absolute atomic E-state index is 12.2. The summed E-state index contributed by atoms with van der Waals surface area (Å²) < 4.78 is 1.34. The molecule has 1 aromatic heterocycles. The van der Waals surface area contributed by atoms with Gasteiger partial charge in [-0.25, -0.2) is 14.6 Å². The summed E-state index contributed by atoms with van der Waals surface area (Å²) in [6.07, 6.45) is 3.50. The smallest absolute Gasteiger partial charge is 0.331 e. The Kier molecular flexibility index (Phi) is 6.52. The highest BCUT2D eigenvalue weighted by atomic mass is 35.5. The van der Waals surface area contributed by atoms with E-state index in [-0.39, 0.29) is 12.1 Å². The molecule has 0 aliphatic heterocycles. The number of hydrogen-bond donors (Lipinski definition) is 3. The molecule has 3 rings (SSSR count). The van der Waals surface area contributed by atoms with Crippen molar-refractivity contribution in [1.82, 2.24) is 14.9 Å². The van der Waals surface area contributed by atoms with Crippen molar-refractivity contribution in [3.63, 3.8) is 0 Å². The summed E-state index contributed by atoms with van der Waals surface area (Å²) in [6, 6.07) is 13.0. The molecular formula is C19H17Cl2N5O2. The molecule has 2 aromatic carbocycles. The van der Waals surface area contributed by atoms with Gasteiger partial charge in [0.15, 0.2) is 0 Å². The summed E-state index contributed by atoms with van der Waals surface area (Å²) in [4.78, 5) is 28.3. The summed E-state index contributed by atoms with van der Waals surface area (Å²) in [7, 11) is 0. The number of benzene rings is 2. The number of rotatable bonds is 5. The summed E-state index contributed by atoms with van der Waals surface area (Å²) in [5.41, 5.74) is 1.86. The van der Waals surface area contributed by atoms with Gasteiger partial charge in [-0.2, -0.15) is 0 Å². The van der Waals surface area contributed by atoms with Gasteiger partial charge in [-0.05, 0) is 36.4 Å². The third kappa shape index (κ3) is 5.73. The quantitative estimate of drug-likeness (QED) is 0.564. The first kappa shape index (κ1) is 19.7. The zero-order valence-electron chi connectivity index (χ0n) is 14.7. The van der Waals surface area contributed by atoms with E-state index in [9.17, 15) is 9.59 Å². The van der Waals surface area contributed by atoms with Crippen molar-refractivity contribution >= 4 is 46.6 Å². The van der Waals surface area contributed by atoms with E-state index in [2.05, 4.69) is 20.9 Å². The molecule has 0 fully saturated rings. The van der Waals surface area contributed by atoms with Crippen LogP contribution in [0.1, 0.15) is 5.69 Å². The van der Waals surface area contributed by atoms with Crippen LogP contribution in [0.2, 0.25) is 10.0 Å². The molecule has 0 aliphatic rings. The van der Waals surface area contributed by atoms with E-state index in [1.165, 1.54) is 10.9 Å². The Balaban J connectivity index is 1.46. The van der Waals surface area contributed by atoms with Crippen LogP contribution in [-0.2, 0) is 6.42 Å². The SMILES string of the molecule is O=C(NCCc1cn(C(=O)Nc2cccc(Cl)c2)cn1)Nc1cccc(Cl)c1. The van der Waals surface area contributed by atoms with Gasteiger partial charge in [-0.3, -0.25) is 4.57 Å². The predicted octanol–water partition coefficient (Wildman–Crippen LogP) is 4.63.